The van der Waals surface area contributed by atoms with Gasteiger partial charge in [0, 0.05) is 17.4 Å². The number of nitrogens with zero attached hydrogens (tertiary/aromatic N) is 1. The molecule has 1 aromatic heterocycles. The summed E-state index contributed by atoms with van der Waals surface area (Å²) in [7, 11) is 0. The zero-order valence-corrected chi connectivity index (χ0v) is 9.47. The minimum Gasteiger partial charge on any atom is -0.323 e. The molecule has 2 rings (SSSR count). The predicted octanol–water partition coefficient (Wildman–Crippen LogP) is 2.59. The lowest BCUT2D eigenvalue weighted by atomic mass is 10.1. The number of carbonyl (C=O) groups is 1. The summed E-state index contributed by atoms with van der Waals surface area (Å²) in [6.45, 7) is 1.81. The van der Waals surface area contributed by atoms with E-state index in [9.17, 15) is 4.79 Å². The summed E-state index contributed by atoms with van der Waals surface area (Å²) in [6.07, 6.45) is 4.89. The van der Waals surface area contributed by atoms with Crippen molar-refractivity contribution in [3.05, 3.63) is 48.7 Å². The second kappa shape index (κ2) is 5.12. The second-order valence-corrected chi connectivity index (χ2v) is 3.54. The molecule has 0 aliphatic rings. The van der Waals surface area contributed by atoms with Gasteiger partial charge in [-0.1, -0.05) is 18.2 Å². The number of rotatable bonds is 3. The van der Waals surface area contributed by atoms with E-state index in [2.05, 4.69) is 15.5 Å². The van der Waals surface area contributed by atoms with Gasteiger partial charge in [-0.05, 0) is 31.2 Å². The molecule has 86 valence electrons. The van der Waals surface area contributed by atoms with E-state index in [1.165, 1.54) is 6.08 Å². The number of nitrogens with one attached hydrogen (secondary N) is 2. The SMILES string of the molecule is C/C=C/C(=O)Nc1cccc(-c2ccn[nH]2)c1. The first-order valence-electron chi connectivity index (χ1n) is 5.33. The molecule has 2 N–H and O–H groups in total. The number of carbonyl (C=O) groups excluding carboxylic acids is 1. The fraction of sp³-hybridized carbons (Fsp3) is 0.0769. The zero-order chi connectivity index (χ0) is 12.1. The standard InChI is InChI=1S/C13H13N3O/c1-2-4-13(17)15-11-6-3-5-10(9-11)12-7-8-14-16-12/h2-9H,1H3,(H,14,16)(H,15,17)/b4-2+. The van der Waals surface area contributed by atoms with Crippen LogP contribution < -0.4 is 5.32 Å². The third kappa shape index (κ3) is 2.81. The van der Waals surface area contributed by atoms with Crippen molar-refractivity contribution in [3.8, 4) is 11.3 Å². The van der Waals surface area contributed by atoms with E-state index in [0.717, 1.165) is 16.9 Å². The Morgan fingerprint density at radius 2 is 2.29 bits per heavy atom. The van der Waals surface area contributed by atoms with Crippen molar-refractivity contribution in [2.75, 3.05) is 5.32 Å². The van der Waals surface area contributed by atoms with E-state index in [1.54, 1.807) is 19.2 Å². The Labute approximate surface area is 99.4 Å². The molecule has 1 amide bonds. The van der Waals surface area contributed by atoms with Gasteiger partial charge in [-0.3, -0.25) is 9.89 Å². The van der Waals surface area contributed by atoms with Crippen LogP contribution in [0.3, 0.4) is 0 Å². The average molecular weight is 227 g/mol. The van der Waals surface area contributed by atoms with Crippen molar-refractivity contribution >= 4 is 11.6 Å². The number of hydrogen-bond acceptors (Lipinski definition) is 2. The van der Waals surface area contributed by atoms with Crippen molar-refractivity contribution < 1.29 is 4.79 Å². The van der Waals surface area contributed by atoms with Crippen molar-refractivity contribution in [2.45, 2.75) is 6.92 Å². The van der Waals surface area contributed by atoms with Gasteiger partial charge in [0.05, 0.1) is 5.69 Å². The van der Waals surface area contributed by atoms with E-state index in [0.29, 0.717) is 0 Å². The van der Waals surface area contributed by atoms with Crippen molar-refractivity contribution in [2.24, 2.45) is 0 Å². The van der Waals surface area contributed by atoms with Crippen LogP contribution in [-0.2, 0) is 4.79 Å². The highest BCUT2D eigenvalue weighted by molar-refractivity contribution is 5.99. The van der Waals surface area contributed by atoms with Gasteiger partial charge in [0.25, 0.3) is 0 Å². The quantitative estimate of drug-likeness (QED) is 0.792. The second-order valence-electron chi connectivity index (χ2n) is 3.54. The van der Waals surface area contributed by atoms with Gasteiger partial charge in [-0.15, -0.1) is 0 Å². The average Bonchev–Trinajstić information content (AvgIpc) is 2.83. The lowest BCUT2D eigenvalue weighted by Crippen LogP contribution is -2.07. The van der Waals surface area contributed by atoms with Crippen molar-refractivity contribution in [3.63, 3.8) is 0 Å². The summed E-state index contributed by atoms with van der Waals surface area (Å²) in [5.74, 6) is -0.130. The lowest BCUT2D eigenvalue weighted by molar-refractivity contribution is -0.111. The zero-order valence-electron chi connectivity index (χ0n) is 9.47. The summed E-state index contributed by atoms with van der Waals surface area (Å²) in [5.41, 5.74) is 2.67. The Kier molecular flexibility index (Phi) is 3.35. The Hall–Kier alpha value is -2.36. The monoisotopic (exact) mass is 227 g/mol. The number of anilines is 1. The number of amides is 1. The maximum atomic E-state index is 11.4. The lowest BCUT2D eigenvalue weighted by Gasteiger charge is -2.04. The van der Waals surface area contributed by atoms with E-state index < -0.39 is 0 Å². The first-order chi connectivity index (χ1) is 8.29. The highest BCUT2D eigenvalue weighted by atomic mass is 16.1. The van der Waals surface area contributed by atoms with Crippen LogP contribution in [0.1, 0.15) is 6.92 Å². The van der Waals surface area contributed by atoms with Gasteiger partial charge >= 0.3 is 0 Å². The molecule has 0 radical (unpaired) electrons. The maximum Gasteiger partial charge on any atom is 0.248 e. The fourth-order valence-corrected chi connectivity index (χ4v) is 1.52. The van der Waals surface area contributed by atoms with Gasteiger partial charge < -0.3 is 5.32 Å². The third-order valence-electron chi connectivity index (χ3n) is 2.26. The highest BCUT2D eigenvalue weighted by Crippen LogP contribution is 2.20. The Bertz CT molecular complexity index is 529. The van der Waals surface area contributed by atoms with Crippen molar-refractivity contribution in [1.29, 1.82) is 0 Å². The van der Waals surface area contributed by atoms with Crippen LogP contribution in [0.2, 0.25) is 0 Å². The number of hydrogen-bond donors (Lipinski definition) is 2. The van der Waals surface area contributed by atoms with Crippen LogP contribution in [0.25, 0.3) is 11.3 Å². The topological polar surface area (TPSA) is 57.8 Å². The molecule has 0 aliphatic heterocycles. The predicted molar refractivity (Wildman–Crippen MR) is 67.5 cm³/mol. The number of aromatic nitrogens is 2. The third-order valence-corrected chi connectivity index (χ3v) is 2.26. The molecule has 0 aliphatic carbocycles. The summed E-state index contributed by atoms with van der Waals surface area (Å²) < 4.78 is 0. The van der Waals surface area contributed by atoms with E-state index >= 15 is 0 Å². The van der Waals surface area contributed by atoms with Crippen molar-refractivity contribution in [1.82, 2.24) is 10.2 Å². The van der Waals surface area contributed by atoms with Gasteiger partial charge in [0.15, 0.2) is 0 Å². The Balaban J connectivity index is 2.20. The van der Waals surface area contributed by atoms with Crippen LogP contribution in [0, 0.1) is 0 Å². The number of aromatic amines is 1. The van der Waals surface area contributed by atoms with Crippen LogP contribution in [0.15, 0.2) is 48.7 Å². The van der Waals surface area contributed by atoms with Gasteiger partial charge in [0.1, 0.15) is 0 Å². The largest absolute Gasteiger partial charge is 0.323 e. The summed E-state index contributed by atoms with van der Waals surface area (Å²) in [4.78, 5) is 11.4. The number of allylic oxidation sites excluding steroid dienone is 1. The maximum absolute atomic E-state index is 11.4. The molecule has 0 bridgehead atoms. The van der Waals surface area contributed by atoms with Crippen LogP contribution in [0.5, 0.6) is 0 Å². The minimum absolute atomic E-state index is 0.130. The minimum atomic E-state index is -0.130. The Morgan fingerprint density at radius 3 is 3.00 bits per heavy atom. The van der Waals surface area contributed by atoms with Crippen LogP contribution in [0.4, 0.5) is 5.69 Å². The van der Waals surface area contributed by atoms with E-state index in [1.807, 2.05) is 30.3 Å². The molecule has 0 saturated carbocycles. The summed E-state index contributed by atoms with van der Waals surface area (Å²) in [6, 6.07) is 9.48. The summed E-state index contributed by atoms with van der Waals surface area (Å²) >= 11 is 0. The molecule has 4 heteroatoms. The summed E-state index contributed by atoms with van der Waals surface area (Å²) in [5, 5.41) is 9.56. The first kappa shape index (κ1) is 11.1. The van der Waals surface area contributed by atoms with Crippen LogP contribution >= 0.6 is 0 Å². The molecule has 17 heavy (non-hydrogen) atoms. The molecule has 1 aromatic carbocycles. The molecule has 1 heterocycles. The molecule has 0 spiro atoms. The molecule has 0 unspecified atom stereocenters. The molecular formula is C13H13N3O. The van der Waals surface area contributed by atoms with Crippen LogP contribution in [-0.4, -0.2) is 16.1 Å². The fourth-order valence-electron chi connectivity index (χ4n) is 1.52. The molecule has 0 fully saturated rings. The molecule has 0 saturated heterocycles. The number of H-pyrrole nitrogens is 1. The molecule has 0 atom stereocenters. The normalized spacial score (nSPS) is 10.6. The Morgan fingerprint density at radius 1 is 1.41 bits per heavy atom. The van der Waals surface area contributed by atoms with Gasteiger partial charge in [-0.2, -0.15) is 5.10 Å². The smallest absolute Gasteiger partial charge is 0.248 e. The van der Waals surface area contributed by atoms with E-state index in [-0.39, 0.29) is 5.91 Å². The number of benzene rings is 1. The first-order valence-corrected chi connectivity index (χ1v) is 5.33. The molecule has 2 aromatic rings. The van der Waals surface area contributed by atoms with Gasteiger partial charge in [-0.25, -0.2) is 0 Å². The highest BCUT2D eigenvalue weighted by Gasteiger charge is 2.01. The molecule has 4 nitrogen and oxygen atoms in total. The molecular weight excluding hydrogens is 214 g/mol. The van der Waals surface area contributed by atoms with E-state index in [4.69, 9.17) is 0 Å². The van der Waals surface area contributed by atoms with Gasteiger partial charge in [0.2, 0.25) is 5.91 Å².